The molecule has 0 aliphatic heterocycles. The van der Waals surface area contributed by atoms with Gasteiger partial charge in [-0.3, -0.25) is 0 Å². The van der Waals surface area contributed by atoms with Gasteiger partial charge < -0.3 is 15.7 Å². The van der Waals surface area contributed by atoms with Gasteiger partial charge in [0.1, 0.15) is 5.69 Å². The molecule has 16 heavy (non-hydrogen) atoms. The Hall–Kier alpha value is -2.15. The Morgan fingerprint density at radius 2 is 2.00 bits per heavy atom. The van der Waals surface area contributed by atoms with Crippen LogP contribution in [0.5, 0.6) is 0 Å². The average Bonchev–Trinajstić information content (AvgIpc) is 2.81. The van der Waals surface area contributed by atoms with Crippen molar-refractivity contribution in [3.8, 4) is 11.3 Å². The Morgan fingerprint density at radius 3 is 2.75 bits per heavy atom. The maximum atomic E-state index is 11.1. The van der Waals surface area contributed by atoms with Crippen molar-refractivity contribution in [1.29, 1.82) is 0 Å². The number of hydrogen-bond donors (Lipinski definition) is 3. The van der Waals surface area contributed by atoms with Gasteiger partial charge in [-0.25, -0.2) is 4.79 Å². The van der Waals surface area contributed by atoms with Crippen LogP contribution in [0.15, 0.2) is 23.0 Å². The molecular formula is C9H7N5OS. The van der Waals surface area contributed by atoms with E-state index in [-0.39, 0.29) is 5.69 Å². The van der Waals surface area contributed by atoms with Gasteiger partial charge in [-0.2, -0.15) is 8.75 Å². The third-order valence-corrected chi connectivity index (χ3v) is 2.85. The van der Waals surface area contributed by atoms with Gasteiger partial charge in [0.05, 0.1) is 22.8 Å². The van der Waals surface area contributed by atoms with Crippen LogP contribution in [0.25, 0.3) is 22.3 Å². The second-order valence-electron chi connectivity index (χ2n) is 3.34. The molecule has 0 aliphatic carbocycles. The molecule has 0 radical (unpaired) electrons. The van der Waals surface area contributed by atoms with E-state index in [1.54, 1.807) is 6.07 Å². The zero-order chi connectivity index (χ0) is 11.1. The Labute approximate surface area is 93.5 Å². The number of anilines is 1. The van der Waals surface area contributed by atoms with Gasteiger partial charge in [0.15, 0.2) is 5.82 Å². The fourth-order valence-electron chi connectivity index (χ4n) is 1.58. The van der Waals surface area contributed by atoms with Gasteiger partial charge in [-0.1, -0.05) is 6.07 Å². The molecule has 6 nitrogen and oxygen atoms in total. The zero-order valence-corrected chi connectivity index (χ0v) is 8.84. The molecule has 3 rings (SSSR count). The summed E-state index contributed by atoms with van der Waals surface area (Å²) in [5.74, 6) is 0.405. The van der Waals surface area contributed by atoms with E-state index in [0.717, 1.165) is 28.3 Å². The summed E-state index contributed by atoms with van der Waals surface area (Å²) < 4.78 is 8.01. The van der Waals surface area contributed by atoms with E-state index in [2.05, 4.69) is 18.7 Å². The Bertz CT molecular complexity index is 710. The van der Waals surface area contributed by atoms with Gasteiger partial charge in [0.2, 0.25) is 0 Å². The highest BCUT2D eigenvalue weighted by atomic mass is 32.1. The van der Waals surface area contributed by atoms with Crippen molar-refractivity contribution < 1.29 is 0 Å². The maximum absolute atomic E-state index is 11.1. The first-order valence-corrected chi connectivity index (χ1v) is 5.27. The highest BCUT2D eigenvalue weighted by molar-refractivity contribution is 6.99. The molecule has 0 fully saturated rings. The molecule has 80 valence electrons. The van der Waals surface area contributed by atoms with Gasteiger partial charge in [0.25, 0.3) is 0 Å². The quantitative estimate of drug-likeness (QED) is 0.582. The summed E-state index contributed by atoms with van der Waals surface area (Å²) in [6, 6.07) is 5.47. The van der Waals surface area contributed by atoms with E-state index >= 15 is 0 Å². The molecule has 7 heteroatoms. The van der Waals surface area contributed by atoms with Crippen LogP contribution in [0.3, 0.4) is 0 Å². The highest BCUT2D eigenvalue weighted by Gasteiger charge is 2.08. The zero-order valence-electron chi connectivity index (χ0n) is 8.02. The van der Waals surface area contributed by atoms with Gasteiger partial charge in [-0.15, -0.1) is 0 Å². The lowest BCUT2D eigenvalue weighted by atomic mass is 10.1. The monoisotopic (exact) mass is 233 g/mol. The van der Waals surface area contributed by atoms with Crippen LogP contribution in [-0.4, -0.2) is 18.7 Å². The van der Waals surface area contributed by atoms with Gasteiger partial charge in [0, 0.05) is 5.56 Å². The lowest BCUT2D eigenvalue weighted by Crippen LogP contribution is -1.99. The Kier molecular flexibility index (Phi) is 1.80. The average molecular weight is 233 g/mol. The molecule has 4 N–H and O–H groups in total. The minimum absolute atomic E-state index is 0.225. The number of imidazole rings is 1. The molecule has 0 bridgehead atoms. The number of nitrogens with two attached hydrogens (primary N) is 1. The Morgan fingerprint density at radius 1 is 1.19 bits per heavy atom. The van der Waals surface area contributed by atoms with E-state index in [0.29, 0.717) is 11.5 Å². The molecule has 0 aliphatic rings. The number of nitrogens with zero attached hydrogens (tertiary/aromatic N) is 2. The van der Waals surface area contributed by atoms with Crippen molar-refractivity contribution in [1.82, 2.24) is 18.7 Å². The van der Waals surface area contributed by atoms with Crippen LogP contribution in [0, 0.1) is 0 Å². The first-order chi connectivity index (χ1) is 7.74. The Balaban J connectivity index is 2.26. The third kappa shape index (κ3) is 1.29. The SMILES string of the molecule is Nc1nsnc1-c1ccc2[nH]c(=O)[nH]c2c1. The fraction of sp³-hybridized carbons (Fsp3) is 0. The van der Waals surface area contributed by atoms with E-state index in [1.807, 2.05) is 12.1 Å². The standard InChI is InChI=1S/C9H7N5OS/c10-8-7(13-16-14-8)4-1-2-5-6(3-4)12-9(15)11-5/h1-3H,(H2,10,14)(H2,11,12,15). The first-order valence-electron chi connectivity index (χ1n) is 4.54. The number of fused-ring (bicyclic) bond motifs is 1. The molecule has 1 aromatic carbocycles. The van der Waals surface area contributed by atoms with E-state index < -0.39 is 0 Å². The van der Waals surface area contributed by atoms with Crippen molar-refractivity contribution in [2.45, 2.75) is 0 Å². The molecule has 0 unspecified atom stereocenters. The van der Waals surface area contributed by atoms with Crippen LogP contribution in [-0.2, 0) is 0 Å². The molecule has 0 atom stereocenters. The minimum atomic E-state index is -0.225. The molecule has 2 aromatic heterocycles. The van der Waals surface area contributed by atoms with Crippen LogP contribution in [0.2, 0.25) is 0 Å². The van der Waals surface area contributed by atoms with E-state index in [9.17, 15) is 4.79 Å². The third-order valence-electron chi connectivity index (χ3n) is 2.30. The number of aromatic nitrogens is 4. The minimum Gasteiger partial charge on any atom is -0.381 e. The number of hydrogen-bond acceptors (Lipinski definition) is 5. The molecule has 0 saturated heterocycles. The first kappa shape index (κ1) is 9.10. The molecule has 3 aromatic rings. The predicted octanol–water partition coefficient (Wildman–Crippen LogP) is 0.957. The largest absolute Gasteiger partial charge is 0.381 e. The van der Waals surface area contributed by atoms with Crippen LogP contribution in [0.1, 0.15) is 0 Å². The van der Waals surface area contributed by atoms with Crippen molar-refractivity contribution in [2.24, 2.45) is 0 Å². The lowest BCUT2D eigenvalue weighted by Gasteiger charge is -1.97. The maximum Gasteiger partial charge on any atom is 0.323 e. The van der Waals surface area contributed by atoms with Crippen molar-refractivity contribution >= 4 is 28.6 Å². The van der Waals surface area contributed by atoms with Crippen LogP contribution in [0.4, 0.5) is 5.82 Å². The second kappa shape index (κ2) is 3.17. The van der Waals surface area contributed by atoms with E-state index in [1.165, 1.54) is 0 Å². The summed E-state index contributed by atoms with van der Waals surface area (Å²) in [6.45, 7) is 0. The number of H-pyrrole nitrogens is 2. The van der Waals surface area contributed by atoms with Crippen molar-refractivity contribution in [2.75, 3.05) is 5.73 Å². The summed E-state index contributed by atoms with van der Waals surface area (Å²) >= 11 is 1.07. The summed E-state index contributed by atoms with van der Waals surface area (Å²) in [4.78, 5) is 16.4. The second-order valence-corrected chi connectivity index (χ2v) is 3.87. The van der Waals surface area contributed by atoms with E-state index in [4.69, 9.17) is 5.73 Å². The molecular weight excluding hydrogens is 226 g/mol. The number of benzene rings is 1. The number of rotatable bonds is 1. The fourth-order valence-corrected chi connectivity index (χ4v) is 2.07. The topological polar surface area (TPSA) is 100 Å². The summed E-state index contributed by atoms with van der Waals surface area (Å²) in [5, 5.41) is 0. The molecule has 2 heterocycles. The van der Waals surface area contributed by atoms with Gasteiger partial charge in [-0.05, 0) is 12.1 Å². The highest BCUT2D eigenvalue weighted by Crippen LogP contribution is 2.25. The van der Waals surface area contributed by atoms with Crippen molar-refractivity contribution in [3.05, 3.63) is 28.7 Å². The predicted molar refractivity (Wildman–Crippen MR) is 62.2 cm³/mol. The summed E-state index contributed by atoms with van der Waals surface area (Å²) in [6.07, 6.45) is 0. The normalized spacial score (nSPS) is 11.0. The number of aromatic amines is 2. The van der Waals surface area contributed by atoms with Crippen molar-refractivity contribution in [3.63, 3.8) is 0 Å². The molecule has 0 saturated carbocycles. The van der Waals surface area contributed by atoms with Crippen LogP contribution >= 0.6 is 11.7 Å². The molecule has 0 spiro atoms. The molecule has 0 amide bonds. The number of nitrogen functional groups attached to an aromatic ring is 1. The lowest BCUT2D eigenvalue weighted by molar-refractivity contribution is 1.22. The summed E-state index contributed by atoms with van der Waals surface area (Å²) in [7, 11) is 0. The smallest absolute Gasteiger partial charge is 0.323 e. The number of nitrogens with one attached hydrogen (secondary N) is 2. The van der Waals surface area contributed by atoms with Gasteiger partial charge >= 0.3 is 5.69 Å². The summed E-state index contributed by atoms with van der Waals surface area (Å²) in [5.41, 5.74) is 8.43. The van der Waals surface area contributed by atoms with Crippen LogP contribution < -0.4 is 11.4 Å².